The van der Waals surface area contributed by atoms with Crippen LogP contribution in [-0.2, 0) is 14.6 Å². The second kappa shape index (κ2) is 8.40. The Balaban J connectivity index is 1.62. The van der Waals surface area contributed by atoms with Crippen LogP contribution in [-0.4, -0.2) is 37.2 Å². The van der Waals surface area contributed by atoms with E-state index in [1.807, 2.05) is 42.5 Å². The van der Waals surface area contributed by atoms with Gasteiger partial charge in [-0.15, -0.1) is 0 Å². The SMILES string of the molecule is CC(C)C1=C2[C@@H](CC/C(=C/c3ccccc3O)c3ccccc3)OC[C@@H]2S(=O)(=O)C1. The van der Waals surface area contributed by atoms with E-state index in [1.165, 1.54) is 0 Å². The number of rotatable bonds is 6. The number of allylic oxidation sites excluding steroid dienone is 1. The normalized spacial score (nSPS) is 23.2. The molecule has 0 spiro atoms. The van der Waals surface area contributed by atoms with Crippen LogP contribution in [0.1, 0.15) is 37.8 Å². The molecule has 1 N–H and O–H groups in total. The van der Waals surface area contributed by atoms with Gasteiger partial charge in [0.05, 0.1) is 18.5 Å². The Bertz CT molecular complexity index is 1080. The van der Waals surface area contributed by atoms with Gasteiger partial charge in [-0.05, 0) is 53.2 Å². The van der Waals surface area contributed by atoms with Crippen LogP contribution in [0.5, 0.6) is 5.75 Å². The van der Waals surface area contributed by atoms with E-state index in [4.69, 9.17) is 4.74 Å². The number of phenols is 1. The molecule has 0 aliphatic carbocycles. The van der Waals surface area contributed by atoms with Gasteiger partial charge < -0.3 is 9.84 Å². The van der Waals surface area contributed by atoms with Crippen LogP contribution in [0.15, 0.2) is 65.7 Å². The van der Waals surface area contributed by atoms with Gasteiger partial charge in [-0.2, -0.15) is 0 Å². The Hall–Kier alpha value is -2.37. The van der Waals surface area contributed by atoms with Crippen LogP contribution in [0, 0.1) is 5.92 Å². The Labute approximate surface area is 178 Å². The van der Waals surface area contributed by atoms with Gasteiger partial charge in [0.25, 0.3) is 0 Å². The Kier molecular flexibility index (Phi) is 5.85. The minimum atomic E-state index is -3.14. The molecule has 0 aromatic heterocycles. The lowest BCUT2D eigenvalue weighted by atomic mass is 9.90. The molecule has 158 valence electrons. The van der Waals surface area contributed by atoms with E-state index in [0.29, 0.717) is 6.42 Å². The average Bonchev–Trinajstić information content (AvgIpc) is 3.26. The van der Waals surface area contributed by atoms with Crippen molar-refractivity contribution in [3.05, 3.63) is 76.9 Å². The highest BCUT2D eigenvalue weighted by Gasteiger charge is 2.47. The smallest absolute Gasteiger partial charge is 0.163 e. The summed E-state index contributed by atoms with van der Waals surface area (Å²) in [5.74, 6) is 0.619. The molecule has 2 aromatic rings. The summed E-state index contributed by atoms with van der Waals surface area (Å²) in [4.78, 5) is 0. The zero-order valence-electron chi connectivity index (χ0n) is 17.4. The molecule has 0 radical (unpaired) electrons. The minimum Gasteiger partial charge on any atom is -0.507 e. The van der Waals surface area contributed by atoms with Crippen molar-refractivity contribution in [3.8, 4) is 5.75 Å². The van der Waals surface area contributed by atoms with E-state index in [1.54, 1.807) is 6.07 Å². The van der Waals surface area contributed by atoms with E-state index in [-0.39, 0.29) is 30.1 Å². The molecule has 5 heteroatoms. The molecular formula is C25H28O4S. The molecule has 4 rings (SSSR count). The molecule has 2 atom stereocenters. The Morgan fingerprint density at radius 1 is 1.13 bits per heavy atom. The molecular weight excluding hydrogens is 396 g/mol. The van der Waals surface area contributed by atoms with Crippen molar-refractivity contribution < 1.29 is 18.3 Å². The fraction of sp³-hybridized carbons (Fsp3) is 0.360. The van der Waals surface area contributed by atoms with Crippen molar-refractivity contribution in [2.75, 3.05) is 12.4 Å². The standard InChI is InChI=1S/C25H28O4S/c1-17(2)21-16-30(27,28)24-15-29-23(25(21)24)13-12-19(18-8-4-3-5-9-18)14-20-10-6-7-11-22(20)26/h3-11,14,17,23-24,26H,12-13,15-16H2,1-2H3/b19-14-/t23-,24+/m1/s1. The van der Waals surface area contributed by atoms with E-state index in [2.05, 4.69) is 26.0 Å². The molecule has 0 unspecified atom stereocenters. The average molecular weight is 425 g/mol. The molecule has 0 amide bonds. The molecule has 1 fully saturated rings. The minimum absolute atomic E-state index is 0.166. The van der Waals surface area contributed by atoms with Crippen LogP contribution < -0.4 is 0 Å². The summed E-state index contributed by atoms with van der Waals surface area (Å²) in [6, 6.07) is 17.4. The molecule has 2 aromatic carbocycles. The highest BCUT2D eigenvalue weighted by molar-refractivity contribution is 7.92. The summed E-state index contributed by atoms with van der Waals surface area (Å²) in [5.41, 5.74) is 4.99. The van der Waals surface area contributed by atoms with Crippen molar-refractivity contribution in [1.29, 1.82) is 0 Å². The number of hydrogen-bond donors (Lipinski definition) is 1. The van der Waals surface area contributed by atoms with E-state index >= 15 is 0 Å². The van der Waals surface area contributed by atoms with Crippen molar-refractivity contribution in [1.82, 2.24) is 0 Å². The maximum Gasteiger partial charge on any atom is 0.163 e. The number of aromatic hydroxyl groups is 1. The van der Waals surface area contributed by atoms with E-state index in [0.717, 1.165) is 34.3 Å². The predicted octanol–water partition coefficient (Wildman–Crippen LogP) is 4.86. The maximum atomic E-state index is 12.6. The quantitative estimate of drug-likeness (QED) is 0.531. The highest BCUT2D eigenvalue weighted by Crippen LogP contribution is 2.41. The number of hydrogen-bond acceptors (Lipinski definition) is 4. The monoisotopic (exact) mass is 424 g/mol. The second-order valence-corrected chi connectivity index (χ2v) is 10.6. The predicted molar refractivity (Wildman–Crippen MR) is 121 cm³/mol. The zero-order valence-corrected chi connectivity index (χ0v) is 18.2. The van der Waals surface area contributed by atoms with Gasteiger partial charge >= 0.3 is 0 Å². The lowest BCUT2D eigenvalue weighted by molar-refractivity contribution is 0.118. The van der Waals surface area contributed by atoms with Gasteiger partial charge in [0, 0.05) is 5.56 Å². The highest BCUT2D eigenvalue weighted by atomic mass is 32.2. The third-order valence-electron chi connectivity index (χ3n) is 6.09. The summed E-state index contributed by atoms with van der Waals surface area (Å²) < 4.78 is 31.1. The fourth-order valence-corrected chi connectivity index (χ4v) is 6.59. The lowest BCUT2D eigenvalue weighted by Crippen LogP contribution is -2.19. The van der Waals surface area contributed by atoms with Gasteiger partial charge in [-0.3, -0.25) is 0 Å². The number of ether oxygens (including phenoxy) is 1. The van der Waals surface area contributed by atoms with Crippen LogP contribution >= 0.6 is 0 Å². The molecule has 0 bridgehead atoms. The van der Waals surface area contributed by atoms with Crippen LogP contribution in [0.2, 0.25) is 0 Å². The molecule has 2 aliphatic heterocycles. The first-order chi connectivity index (χ1) is 14.4. The molecule has 0 saturated carbocycles. The first kappa shape index (κ1) is 20.9. The van der Waals surface area contributed by atoms with Gasteiger partial charge in [0.2, 0.25) is 0 Å². The van der Waals surface area contributed by atoms with Crippen molar-refractivity contribution >= 4 is 21.5 Å². The third-order valence-corrected chi connectivity index (χ3v) is 8.06. The lowest BCUT2D eigenvalue weighted by Gasteiger charge is -2.17. The molecule has 1 saturated heterocycles. The van der Waals surface area contributed by atoms with Crippen molar-refractivity contribution in [3.63, 3.8) is 0 Å². The van der Waals surface area contributed by atoms with Crippen molar-refractivity contribution in [2.24, 2.45) is 5.92 Å². The largest absolute Gasteiger partial charge is 0.507 e. The van der Waals surface area contributed by atoms with Crippen molar-refractivity contribution in [2.45, 2.75) is 38.0 Å². The first-order valence-electron chi connectivity index (χ1n) is 10.5. The van der Waals surface area contributed by atoms with E-state index < -0.39 is 15.1 Å². The number of benzene rings is 2. The van der Waals surface area contributed by atoms with Gasteiger partial charge in [-0.25, -0.2) is 8.42 Å². The topological polar surface area (TPSA) is 63.6 Å². The molecule has 2 heterocycles. The van der Waals surface area contributed by atoms with Gasteiger partial charge in [0.1, 0.15) is 11.0 Å². The number of phenolic OH excluding ortho intramolecular Hbond substituents is 1. The summed E-state index contributed by atoms with van der Waals surface area (Å²) in [6.45, 7) is 4.38. The fourth-order valence-electron chi connectivity index (χ4n) is 4.48. The zero-order chi connectivity index (χ0) is 21.3. The van der Waals surface area contributed by atoms with Crippen LogP contribution in [0.25, 0.3) is 11.6 Å². The first-order valence-corrected chi connectivity index (χ1v) is 12.2. The number of fused-ring (bicyclic) bond motifs is 1. The summed E-state index contributed by atoms with van der Waals surface area (Å²) >= 11 is 0. The number of sulfone groups is 1. The Morgan fingerprint density at radius 2 is 1.83 bits per heavy atom. The maximum absolute atomic E-state index is 12.6. The summed E-state index contributed by atoms with van der Waals surface area (Å²) in [5, 5.41) is 9.75. The summed E-state index contributed by atoms with van der Waals surface area (Å²) in [6.07, 6.45) is 3.29. The second-order valence-electron chi connectivity index (χ2n) is 8.39. The third kappa shape index (κ3) is 4.09. The van der Waals surface area contributed by atoms with E-state index in [9.17, 15) is 13.5 Å². The number of para-hydroxylation sites is 1. The Morgan fingerprint density at radius 3 is 2.53 bits per heavy atom. The molecule has 2 aliphatic rings. The van der Waals surface area contributed by atoms with Gasteiger partial charge in [0.15, 0.2) is 9.84 Å². The van der Waals surface area contributed by atoms with Crippen LogP contribution in [0.4, 0.5) is 0 Å². The molecule has 30 heavy (non-hydrogen) atoms. The van der Waals surface area contributed by atoms with Crippen LogP contribution in [0.3, 0.4) is 0 Å². The molecule has 4 nitrogen and oxygen atoms in total. The van der Waals surface area contributed by atoms with Gasteiger partial charge in [-0.1, -0.05) is 62.4 Å². The summed E-state index contributed by atoms with van der Waals surface area (Å²) in [7, 11) is -3.14.